The van der Waals surface area contributed by atoms with Crippen LogP contribution in [-0.4, -0.2) is 44.0 Å². The highest BCUT2D eigenvalue weighted by Crippen LogP contribution is 2.43. The second kappa shape index (κ2) is 6.02. The summed E-state index contributed by atoms with van der Waals surface area (Å²) in [5, 5.41) is 3.30. The number of amides is 1. The summed E-state index contributed by atoms with van der Waals surface area (Å²) in [5.74, 6) is 1.52. The zero-order valence-electron chi connectivity index (χ0n) is 14.0. The highest BCUT2D eigenvalue weighted by Gasteiger charge is 2.48. The van der Waals surface area contributed by atoms with Crippen LogP contribution in [-0.2, 0) is 18.4 Å². The fourth-order valence-corrected chi connectivity index (χ4v) is 4.16. The third-order valence-electron chi connectivity index (χ3n) is 5.59. The zero-order chi connectivity index (χ0) is 16.6. The Kier molecular flexibility index (Phi) is 3.84. The number of pyridine rings is 1. The third kappa shape index (κ3) is 2.71. The van der Waals surface area contributed by atoms with Crippen LogP contribution in [0.4, 0.5) is 0 Å². The number of hydrogen-bond donors (Lipinski definition) is 1. The van der Waals surface area contributed by atoms with Crippen molar-refractivity contribution in [3.63, 3.8) is 0 Å². The largest absolute Gasteiger partial charge is 0.350 e. The number of carbonyl (C=O) groups is 1. The molecule has 2 saturated heterocycles. The maximum Gasteiger partial charge on any atom is 0.221 e. The van der Waals surface area contributed by atoms with Crippen LogP contribution in [0.3, 0.4) is 0 Å². The molecule has 24 heavy (non-hydrogen) atoms. The lowest BCUT2D eigenvalue weighted by Crippen LogP contribution is -2.53. The number of aromatic nitrogens is 3. The van der Waals surface area contributed by atoms with Gasteiger partial charge in [0.25, 0.3) is 0 Å². The Balaban J connectivity index is 1.48. The van der Waals surface area contributed by atoms with Crippen LogP contribution in [0.5, 0.6) is 0 Å². The average Bonchev–Trinajstić information content (AvgIpc) is 3.14. The summed E-state index contributed by atoms with van der Waals surface area (Å²) >= 11 is 0. The van der Waals surface area contributed by atoms with E-state index in [1.807, 2.05) is 44.0 Å². The fourth-order valence-electron chi connectivity index (χ4n) is 4.16. The normalized spacial score (nSPS) is 23.5. The molecule has 2 aromatic heterocycles. The molecular formula is C18H23N5O. The van der Waals surface area contributed by atoms with Gasteiger partial charge in [-0.2, -0.15) is 0 Å². The van der Waals surface area contributed by atoms with Gasteiger partial charge < -0.3 is 9.88 Å². The molecule has 2 fully saturated rings. The van der Waals surface area contributed by atoms with E-state index in [4.69, 9.17) is 0 Å². The van der Waals surface area contributed by atoms with Crippen LogP contribution >= 0.6 is 0 Å². The summed E-state index contributed by atoms with van der Waals surface area (Å²) < 4.78 is 2.07. The second-order valence-electron chi connectivity index (χ2n) is 6.97. The van der Waals surface area contributed by atoms with E-state index in [1.165, 1.54) is 5.56 Å². The van der Waals surface area contributed by atoms with E-state index in [1.54, 1.807) is 0 Å². The topological polar surface area (TPSA) is 63.1 Å². The van der Waals surface area contributed by atoms with Gasteiger partial charge in [-0.25, -0.2) is 4.98 Å². The molecule has 126 valence electrons. The van der Waals surface area contributed by atoms with Gasteiger partial charge in [-0.15, -0.1) is 0 Å². The Morgan fingerprint density at radius 1 is 1.25 bits per heavy atom. The number of aryl methyl sites for hydroxylation is 1. The Morgan fingerprint density at radius 3 is 2.67 bits per heavy atom. The molecule has 2 aliphatic rings. The molecule has 6 nitrogen and oxygen atoms in total. The van der Waals surface area contributed by atoms with E-state index >= 15 is 0 Å². The van der Waals surface area contributed by atoms with Gasteiger partial charge in [-0.05, 0) is 30.5 Å². The molecule has 4 rings (SSSR count). The number of hydrogen-bond acceptors (Lipinski definition) is 4. The summed E-state index contributed by atoms with van der Waals surface area (Å²) in [4.78, 5) is 23.1. The molecule has 0 aliphatic carbocycles. The molecule has 1 atom stereocenters. The second-order valence-corrected chi connectivity index (χ2v) is 6.97. The van der Waals surface area contributed by atoms with Crippen molar-refractivity contribution < 1.29 is 4.79 Å². The van der Waals surface area contributed by atoms with Gasteiger partial charge >= 0.3 is 0 Å². The van der Waals surface area contributed by atoms with Crippen LogP contribution in [0.15, 0.2) is 36.9 Å². The number of imidazole rings is 1. The van der Waals surface area contributed by atoms with Crippen molar-refractivity contribution in [2.45, 2.75) is 37.3 Å². The summed E-state index contributed by atoms with van der Waals surface area (Å²) in [5.41, 5.74) is 1.12. The SMILES string of the molecule is Cn1ccnc1CN1CCC2(CC1)NC(=O)CC2c1ccncc1. The minimum atomic E-state index is -0.101. The van der Waals surface area contributed by atoms with Crippen molar-refractivity contribution in [3.8, 4) is 0 Å². The molecule has 0 saturated carbocycles. The minimum absolute atomic E-state index is 0.101. The molecule has 0 aromatic carbocycles. The molecule has 0 radical (unpaired) electrons. The first-order valence-corrected chi connectivity index (χ1v) is 8.56. The Labute approximate surface area is 141 Å². The third-order valence-corrected chi connectivity index (χ3v) is 5.59. The van der Waals surface area contributed by atoms with E-state index in [0.29, 0.717) is 6.42 Å². The van der Waals surface area contributed by atoms with E-state index in [0.717, 1.165) is 38.3 Å². The van der Waals surface area contributed by atoms with Gasteiger partial charge in [-0.1, -0.05) is 0 Å². The molecule has 1 unspecified atom stereocenters. The van der Waals surface area contributed by atoms with Crippen LogP contribution in [0.25, 0.3) is 0 Å². The lowest BCUT2D eigenvalue weighted by Gasteiger charge is -2.42. The summed E-state index contributed by atoms with van der Waals surface area (Å²) in [6.45, 7) is 2.83. The quantitative estimate of drug-likeness (QED) is 0.928. The van der Waals surface area contributed by atoms with E-state index in [2.05, 4.69) is 24.8 Å². The Morgan fingerprint density at radius 2 is 2.00 bits per heavy atom. The molecule has 2 aromatic rings. The Bertz CT molecular complexity index is 718. The lowest BCUT2D eigenvalue weighted by molar-refractivity contribution is -0.120. The van der Waals surface area contributed by atoms with Gasteiger partial charge in [0.15, 0.2) is 0 Å². The molecular weight excluding hydrogens is 302 g/mol. The van der Waals surface area contributed by atoms with Crippen molar-refractivity contribution in [3.05, 3.63) is 48.3 Å². The van der Waals surface area contributed by atoms with Gasteiger partial charge in [0.1, 0.15) is 5.82 Å². The average molecular weight is 325 g/mol. The molecule has 1 N–H and O–H groups in total. The predicted octanol–water partition coefficient (Wildman–Crippen LogP) is 1.45. The summed E-state index contributed by atoms with van der Waals surface area (Å²) in [6, 6.07) is 4.10. The summed E-state index contributed by atoms with van der Waals surface area (Å²) in [6.07, 6.45) is 10.0. The van der Waals surface area contributed by atoms with Crippen molar-refractivity contribution in [2.24, 2.45) is 7.05 Å². The van der Waals surface area contributed by atoms with Gasteiger partial charge in [0, 0.05) is 62.8 Å². The van der Waals surface area contributed by atoms with Crippen molar-refractivity contribution in [1.29, 1.82) is 0 Å². The maximum absolute atomic E-state index is 12.1. The van der Waals surface area contributed by atoms with Crippen LogP contribution < -0.4 is 5.32 Å². The van der Waals surface area contributed by atoms with Crippen LogP contribution in [0, 0.1) is 0 Å². The number of rotatable bonds is 3. The highest BCUT2D eigenvalue weighted by molar-refractivity contribution is 5.81. The lowest BCUT2D eigenvalue weighted by atomic mass is 9.74. The van der Waals surface area contributed by atoms with Crippen molar-refractivity contribution in [1.82, 2.24) is 24.8 Å². The standard InChI is InChI=1S/C18H23N5O/c1-22-11-8-20-16(22)13-23-9-4-18(5-10-23)15(12-17(24)21-18)14-2-6-19-7-3-14/h2-3,6-8,11,15H,4-5,9-10,12-13H2,1H3,(H,21,24). The highest BCUT2D eigenvalue weighted by atomic mass is 16.2. The van der Waals surface area contributed by atoms with Gasteiger partial charge in [0.05, 0.1) is 6.54 Å². The molecule has 0 bridgehead atoms. The maximum atomic E-state index is 12.1. The summed E-state index contributed by atoms with van der Waals surface area (Å²) in [7, 11) is 2.03. The van der Waals surface area contributed by atoms with E-state index in [-0.39, 0.29) is 17.4 Å². The smallest absolute Gasteiger partial charge is 0.221 e. The van der Waals surface area contributed by atoms with Gasteiger partial charge in [-0.3, -0.25) is 14.7 Å². The van der Waals surface area contributed by atoms with E-state index < -0.39 is 0 Å². The molecule has 2 aliphatic heterocycles. The van der Waals surface area contributed by atoms with Gasteiger partial charge in [0.2, 0.25) is 5.91 Å². The Hall–Kier alpha value is -2.21. The minimum Gasteiger partial charge on any atom is -0.350 e. The van der Waals surface area contributed by atoms with Crippen LogP contribution in [0.1, 0.15) is 36.6 Å². The predicted molar refractivity (Wildman–Crippen MR) is 90.2 cm³/mol. The first-order chi connectivity index (χ1) is 11.7. The van der Waals surface area contributed by atoms with Crippen LogP contribution in [0.2, 0.25) is 0 Å². The monoisotopic (exact) mass is 325 g/mol. The first kappa shape index (κ1) is 15.3. The molecule has 4 heterocycles. The number of likely N-dealkylation sites (tertiary alicyclic amines) is 1. The van der Waals surface area contributed by atoms with Crippen molar-refractivity contribution in [2.75, 3.05) is 13.1 Å². The number of carbonyl (C=O) groups excluding carboxylic acids is 1. The number of nitrogens with zero attached hydrogens (tertiary/aromatic N) is 4. The number of nitrogens with one attached hydrogen (secondary N) is 1. The fraction of sp³-hybridized carbons (Fsp3) is 0.500. The molecule has 1 amide bonds. The zero-order valence-corrected chi connectivity index (χ0v) is 14.0. The first-order valence-electron chi connectivity index (χ1n) is 8.56. The molecule has 6 heteroatoms. The number of piperidine rings is 1. The van der Waals surface area contributed by atoms with Crippen molar-refractivity contribution >= 4 is 5.91 Å². The van der Waals surface area contributed by atoms with E-state index in [9.17, 15) is 4.79 Å². The molecule has 1 spiro atoms.